The molecule has 19 heteroatoms. The van der Waals surface area contributed by atoms with Gasteiger partial charge in [-0.1, -0.05) is 356 Å². The minimum absolute atomic E-state index is 0.106. The van der Waals surface area contributed by atoms with Crippen molar-refractivity contribution < 1.29 is 80.2 Å². The highest BCUT2D eigenvalue weighted by atomic mass is 31.2. The minimum Gasteiger partial charge on any atom is -0.462 e. The summed E-state index contributed by atoms with van der Waals surface area (Å²) in [4.78, 5) is 72.9. The Labute approximate surface area is 594 Å². The van der Waals surface area contributed by atoms with Gasteiger partial charge in [-0.25, -0.2) is 9.13 Å². The van der Waals surface area contributed by atoms with Crippen LogP contribution in [0.4, 0.5) is 0 Å². The zero-order valence-corrected chi connectivity index (χ0v) is 65.2. The fourth-order valence-corrected chi connectivity index (χ4v) is 13.6. The highest BCUT2D eigenvalue weighted by Gasteiger charge is 2.30. The average Bonchev–Trinajstić information content (AvgIpc) is 1.04. The van der Waals surface area contributed by atoms with Crippen LogP contribution in [0.25, 0.3) is 0 Å². The number of hydrogen-bond donors (Lipinski definition) is 3. The number of esters is 4. The molecule has 2 unspecified atom stereocenters. The zero-order chi connectivity index (χ0) is 71.4. The predicted molar refractivity (Wildman–Crippen MR) is 395 cm³/mol. The van der Waals surface area contributed by atoms with Crippen LogP contribution in [-0.4, -0.2) is 96.7 Å². The van der Waals surface area contributed by atoms with E-state index in [1.54, 1.807) is 0 Å². The lowest BCUT2D eigenvalue weighted by Gasteiger charge is -2.21. The smallest absolute Gasteiger partial charge is 0.462 e. The molecule has 97 heavy (non-hydrogen) atoms. The summed E-state index contributed by atoms with van der Waals surface area (Å²) < 4.78 is 68.6. The number of aliphatic hydroxyl groups is 1. The van der Waals surface area contributed by atoms with Gasteiger partial charge in [-0.05, 0) is 37.5 Å². The molecule has 0 rings (SSSR count). The molecule has 3 N–H and O–H groups in total. The van der Waals surface area contributed by atoms with Gasteiger partial charge < -0.3 is 33.8 Å². The molecule has 0 aliphatic carbocycles. The van der Waals surface area contributed by atoms with Crippen molar-refractivity contribution in [3.8, 4) is 0 Å². The molecule has 0 aromatic rings. The fourth-order valence-electron chi connectivity index (χ4n) is 12.0. The Bertz CT molecular complexity index is 1870. The summed E-state index contributed by atoms with van der Waals surface area (Å²) >= 11 is 0. The lowest BCUT2D eigenvalue weighted by Crippen LogP contribution is -2.30. The third kappa shape index (κ3) is 72.2. The summed E-state index contributed by atoms with van der Waals surface area (Å²) in [7, 11) is -9.91. The maximum absolute atomic E-state index is 13.1. The number of carbonyl (C=O) groups is 4. The van der Waals surface area contributed by atoms with E-state index in [-0.39, 0.29) is 25.7 Å². The summed E-state index contributed by atoms with van der Waals surface area (Å²) in [5.74, 6) is -0.590. The number of unbranched alkanes of at least 4 members (excludes halogenated alkanes) is 47. The molecule has 0 fully saturated rings. The molecular formula is C78H152O17P2. The number of aliphatic hydroxyl groups excluding tert-OH is 1. The number of ether oxygens (including phenoxy) is 4. The van der Waals surface area contributed by atoms with E-state index in [0.717, 1.165) is 102 Å². The first-order valence-corrected chi connectivity index (χ1v) is 43.5. The topological polar surface area (TPSA) is 237 Å². The van der Waals surface area contributed by atoms with Crippen molar-refractivity contribution in [1.29, 1.82) is 0 Å². The van der Waals surface area contributed by atoms with E-state index in [1.807, 2.05) is 0 Å². The first-order valence-electron chi connectivity index (χ1n) is 40.5. The van der Waals surface area contributed by atoms with E-state index in [2.05, 4.69) is 41.5 Å². The van der Waals surface area contributed by atoms with E-state index in [1.165, 1.54) is 225 Å². The first-order chi connectivity index (χ1) is 46.9. The van der Waals surface area contributed by atoms with Crippen LogP contribution < -0.4 is 0 Å². The number of carbonyl (C=O) groups excluding carboxylic acids is 4. The lowest BCUT2D eigenvalue weighted by atomic mass is 10.0. The molecule has 0 saturated carbocycles. The summed E-state index contributed by atoms with van der Waals surface area (Å²) in [5.41, 5.74) is 0. The van der Waals surface area contributed by atoms with Gasteiger partial charge in [0.1, 0.15) is 19.3 Å². The minimum atomic E-state index is -4.96. The normalized spacial score (nSPS) is 14.0. The molecule has 0 saturated heterocycles. The van der Waals surface area contributed by atoms with Crippen LogP contribution in [0, 0.1) is 11.8 Å². The Hall–Kier alpha value is -1.94. The lowest BCUT2D eigenvalue weighted by molar-refractivity contribution is -0.161. The maximum Gasteiger partial charge on any atom is 0.472 e. The highest BCUT2D eigenvalue weighted by molar-refractivity contribution is 7.47. The molecule has 5 atom stereocenters. The molecule has 0 bridgehead atoms. The number of phosphoric ester groups is 2. The highest BCUT2D eigenvalue weighted by Crippen LogP contribution is 2.45. The van der Waals surface area contributed by atoms with Gasteiger partial charge in [-0.2, -0.15) is 0 Å². The third-order valence-corrected chi connectivity index (χ3v) is 20.1. The van der Waals surface area contributed by atoms with Gasteiger partial charge in [0.25, 0.3) is 0 Å². The van der Waals surface area contributed by atoms with Gasteiger partial charge in [0.05, 0.1) is 26.4 Å². The molecule has 0 amide bonds. The Morgan fingerprint density at radius 3 is 0.701 bits per heavy atom. The molecular weight excluding hydrogens is 1270 g/mol. The number of rotatable bonds is 77. The zero-order valence-electron chi connectivity index (χ0n) is 63.4. The van der Waals surface area contributed by atoms with Crippen molar-refractivity contribution in [2.75, 3.05) is 39.6 Å². The van der Waals surface area contributed by atoms with Crippen molar-refractivity contribution in [3.63, 3.8) is 0 Å². The van der Waals surface area contributed by atoms with Crippen molar-refractivity contribution in [1.82, 2.24) is 0 Å². The van der Waals surface area contributed by atoms with Crippen molar-refractivity contribution in [3.05, 3.63) is 0 Å². The second kappa shape index (κ2) is 69.8. The van der Waals surface area contributed by atoms with Crippen LogP contribution in [-0.2, 0) is 65.4 Å². The van der Waals surface area contributed by atoms with Gasteiger partial charge in [0, 0.05) is 25.7 Å². The molecule has 0 radical (unpaired) electrons. The number of hydrogen-bond acceptors (Lipinski definition) is 15. The van der Waals surface area contributed by atoms with E-state index in [4.69, 9.17) is 37.0 Å². The molecule has 576 valence electrons. The van der Waals surface area contributed by atoms with E-state index in [9.17, 15) is 43.2 Å². The second-order valence-corrected chi connectivity index (χ2v) is 32.0. The van der Waals surface area contributed by atoms with E-state index < -0.39 is 97.5 Å². The first kappa shape index (κ1) is 95.1. The number of phosphoric acid groups is 2. The van der Waals surface area contributed by atoms with Crippen LogP contribution in [0.15, 0.2) is 0 Å². The second-order valence-electron chi connectivity index (χ2n) is 29.1. The molecule has 0 heterocycles. The van der Waals surface area contributed by atoms with Gasteiger partial charge in [-0.15, -0.1) is 0 Å². The molecule has 0 aromatic carbocycles. The quantitative estimate of drug-likeness (QED) is 0.0222. The van der Waals surface area contributed by atoms with Crippen LogP contribution in [0.2, 0.25) is 0 Å². The largest absolute Gasteiger partial charge is 0.472 e. The van der Waals surface area contributed by atoms with Gasteiger partial charge >= 0.3 is 39.5 Å². The molecule has 0 spiro atoms. The summed E-state index contributed by atoms with van der Waals surface area (Å²) in [6.45, 7) is 9.60. The molecule has 0 aliphatic heterocycles. The van der Waals surface area contributed by atoms with Gasteiger partial charge in [0.2, 0.25) is 0 Å². The summed E-state index contributed by atoms with van der Waals surface area (Å²) in [5, 5.41) is 10.6. The maximum atomic E-state index is 13.1. The van der Waals surface area contributed by atoms with Crippen molar-refractivity contribution in [2.45, 2.75) is 426 Å². The fraction of sp³-hybridized carbons (Fsp3) is 0.949. The standard InChI is InChI=1S/C78H152O17P2/c1-7-9-11-13-15-17-19-20-21-22-23-24-25-26-27-30-38-44-50-56-62-77(82)94-74(67-89-76(81)61-55-49-43-37-31-28-29-34-40-46-52-58-70(3)4)69-93-97(86,87)91-65-72(79)64-90-96(84,85)92-68-73(66-88-75(80)60-54-48-42-36-18-16-14-12-10-8-2)95-78(83)63-57-51-45-39-33-32-35-41-47-53-59-71(5)6/h70-74,79H,7-69H2,1-6H3,(H,84,85)(H,86,87)/t72-,73+,74+/m0/s1. The molecule has 0 aromatic heterocycles. The monoisotopic (exact) mass is 1420 g/mol. The van der Waals surface area contributed by atoms with Gasteiger partial charge in [0.15, 0.2) is 12.2 Å². The summed E-state index contributed by atoms with van der Waals surface area (Å²) in [6, 6.07) is 0. The Kier molecular flexibility index (Phi) is 68.4. The van der Waals surface area contributed by atoms with Crippen LogP contribution >= 0.6 is 15.6 Å². The van der Waals surface area contributed by atoms with Crippen LogP contribution in [0.3, 0.4) is 0 Å². The third-order valence-electron chi connectivity index (χ3n) is 18.2. The van der Waals surface area contributed by atoms with Crippen molar-refractivity contribution >= 4 is 39.5 Å². The SMILES string of the molecule is CCCCCCCCCCCCCCCCCCCCCCC(=O)O[C@H](COC(=O)CCCCCCCCCCCCCC(C)C)COP(=O)(O)OC[C@@H](O)COP(=O)(O)OC[C@@H](COC(=O)CCCCCCCCCCCC)OC(=O)CCCCCCCCCCCCC(C)C. The Morgan fingerprint density at radius 2 is 0.474 bits per heavy atom. The Morgan fingerprint density at radius 1 is 0.278 bits per heavy atom. The molecule has 17 nitrogen and oxygen atoms in total. The molecule has 0 aliphatic rings. The summed E-state index contributed by atoms with van der Waals surface area (Å²) in [6.07, 6.45) is 58.3. The van der Waals surface area contributed by atoms with Gasteiger partial charge in [-0.3, -0.25) is 37.3 Å². The van der Waals surface area contributed by atoms with Crippen LogP contribution in [0.5, 0.6) is 0 Å². The van der Waals surface area contributed by atoms with E-state index >= 15 is 0 Å². The van der Waals surface area contributed by atoms with Crippen LogP contribution in [0.1, 0.15) is 408 Å². The predicted octanol–water partition coefficient (Wildman–Crippen LogP) is 23.1. The van der Waals surface area contributed by atoms with E-state index in [0.29, 0.717) is 25.7 Å². The Balaban J connectivity index is 5.22. The average molecular weight is 1420 g/mol. The van der Waals surface area contributed by atoms with Crippen molar-refractivity contribution in [2.24, 2.45) is 11.8 Å².